The molecular formula is C16H20ClN3O. The predicted molar refractivity (Wildman–Crippen MR) is 85.6 cm³/mol. The minimum Gasteiger partial charge on any atom is -0.394 e. The van der Waals surface area contributed by atoms with E-state index in [0.717, 1.165) is 42.5 Å². The van der Waals surface area contributed by atoms with Crippen LogP contribution in [0.5, 0.6) is 0 Å². The highest BCUT2D eigenvalue weighted by atomic mass is 35.5. The number of aliphatic hydroxyl groups excluding tert-OH is 1. The quantitative estimate of drug-likeness (QED) is 0.850. The first-order valence-electron chi connectivity index (χ1n) is 7.43. The maximum atomic E-state index is 9.89. The second-order valence-electron chi connectivity index (χ2n) is 6.10. The monoisotopic (exact) mass is 305 g/mol. The summed E-state index contributed by atoms with van der Waals surface area (Å²) >= 11 is 6.03. The van der Waals surface area contributed by atoms with Gasteiger partial charge in [0.15, 0.2) is 0 Å². The standard InChI is InChI=1S/C16H20ClN3O/c1-11-6-8-16(10-21,9-7-11)20-14-12-4-2-3-5-13(12)18-15(17)19-14/h2-5,11,21H,6-10H2,1H3,(H,18,19,20). The molecule has 1 aliphatic rings. The Morgan fingerprint density at radius 1 is 1.29 bits per heavy atom. The summed E-state index contributed by atoms with van der Waals surface area (Å²) in [6, 6.07) is 7.78. The highest BCUT2D eigenvalue weighted by Crippen LogP contribution is 2.35. The first kappa shape index (κ1) is 14.5. The largest absolute Gasteiger partial charge is 0.394 e. The van der Waals surface area contributed by atoms with Gasteiger partial charge in [-0.1, -0.05) is 19.1 Å². The van der Waals surface area contributed by atoms with Crippen LogP contribution in [0.4, 0.5) is 5.82 Å². The van der Waals surface area contributed by atoms with Crippen LogP contribution < -0.4 is 5.32 Å². The smallest absolute Gasteiger partial charge is 0.224 e. The van der Waals surface area contributed by atoms with Gasteiger partial charge in [-0.15, -0.1) is 0 Å². The maximum Gasteiger partial charge on any atom is 0.224 e. The number of para-hydroxylation sites is 1. The van der Waals surface area contributed by atoms with Crippen LogP contribution in [0, 0.1) is 5.92 Å². The number of fused-ring (bicyclic) bond motifs is 1. The van der Waals surface area contributed by atoms with Gasteiger partial charge >= 0.3 is 0 Å². The zero-order chi connectivity index (χ0) is 14.9. The van der Waals surface area contributed by atoms with Gasteiger partial charge in [-0.2, -0.15) is 0 Å². The molecule has 1 aliphatic carbocycles. The molecule has 3 rings (SSSR count). The van der Waals surface area contributed by atoms with Crippen molar-refractivity contribution in [3.63, 3.8) is 0 Å². The number of aromatic nitrogens is 2. The van der Waals surface area contributed by atoms with Crippen LogP contribution in [-0.4, -0.2) is 27.2 Å². The second-order valence-corrected chi connectivity index (χ2v) is 6.44. The molecule has 112 valence electrons. The zero-order valence-corrected chi connectivity index (χ0v) is 12.9. The minimum absolute atomic E-state index is 0.107. The molecule has 1 fully saturated rings. The molecule has 0 amide bonds. The van der Waals surface area contributed by atoms with Crippen molar-refractivity contribution in [2.24, 2.45) is 5.92 Å². The van der Waals surface area contributed by atoms with E-state index in [-0.39, 0.29) is 17.4 Å². The van der Waals surface area contributed by atoms with E-state index in [0.29, 0.717) is 5.82 Å². The second kappa shape index (κ2) is 5.78. The van der Waals surface area contributed by atoms with E-state index < -0.39 is 0 Å². The normalized spacial score (nSPS) is 26.0. The molecule has 0 unspecified atom stereocenters. The van der Waals surface area contributed by atoms with Gasteiger partial charge in [-0.25, -0.2) is 9.97 Å². The molecule has 0 spiro atoms. The summed E-state index contributed by atoms with van der Waals surface area (Å²) in [5.41, 5.74) is 0.518. The fourth-order valence-corrected chi connectivity index (χ4v) is 3.21. The number of anilines is 1. The van der Waals surface area contributed by atoms with Crippen molar-refractivity contribution in [3.8, 4) is 0 Å². The van der Waals surface area contributed by atoms with Crippen molar-refractivity contribution in [2.45, 2.75) is 38.1 Å². The topological polar surface area (TPSA) is 58.0 Å². The van der Waals surface area contributed by atoms with Crippen LogP contribution >= 0.6 is 11.6 Å². The third-order valence-corrected chi connectivity index (χ3v) is 4.66. The van der Waals surface area contributed by atoms with Crippen LogP contribution in [0.15, 0.2) is 24.3 Å². The molecule has 21 heavy (non-hydrogen) atoms. The van der Waals surface area contributed by atoms with Crippen LogP contribution in [-0.2, 0) is 0 Å². The Labute approximate surface area is 129 Å². The fraction of sp³-hybridized carbons (Fsp3) is 0.500. The Hall–Kier alpha value is -1.39. The first-order chi connectivity index (χ1) is 10.1. The van der Waals surface area contributed by atoms with Gasteiger partial charge in [0.25, 0.3) is 0 Å². The zero-order valence-electron chi connectivity index (χ0n) is 12.1. The molecule has 0 aliphatic heterocycles. The number of benzene rings is 1. The predicted octanol–water partition coefficient (Wildman–Crippen LogP) is 3.64. The number of aliphatic hydroxyl groups is 1. The number of halogens is 1. The third kappa shape index (κ3) is 2.97. The van der Waals surface area contributed by atoms with Crippen LogP contribution in [0.3, 0.4) is 0 Å². The lowest BCUT2D eigenvalue weighted by molar-refractivity contribution is 0.155. The van der Waals surface area contributed by atoms with Gasteiger partial charge in [-0.3, -0.25) is 0 Å². The molecular weight excluding hydrogens is 286 g/mol. The first-order valence-corrected chi connectivity index (χ1v) is 7.81. The lowest BCUT2D eigenvalue weighted by atomic mass is 9.77. The highest BCUT2D eigenvalue weighted by molar-refractivity contribution is 6.28. The SMILES string of the molecule is CC1CCC(CO)(Nc2nc(Cl)nc3ccccc23)CC1. The van der Waals surface area contributed by atoms with Crippen molar-refractivity contribution in [3.05, 3.63) is 29.5 Å². The summed E-state index contributed by atoms with van der Waals surface area (Å²) < 4.78 is 0. The Balaban J connectivity index is 1.96. The van der Waals surface area contributed by atoms with Crippen molar-refractivity contribution in [1.82, 2.24) is 9.97 Å². The molecule has 5 heteroatoms. The highest BCUT2D eigenvalue weighted by Gasteiger charge is 2.34. The van der Waals surface area contributed by atoms with E-state index in [1.54, 1.807) is 0 Å². The number of nitrogens with one attached hydrogen (secondary N) is 1. The van der Waals surface area contributed by atoms with E-state index in [4.69, 9.17) is 11.6 Å². The molecule has 2 aromatic rings. The van der Waals surface area contributed by atoms with Crippen LogP contribution in [0.25, 0.3) is 10.9 Å². The fourth-order valence-electron chi connectivity index (χ4n) is 3.03. The minimum atomic E-state index is -0.299. The lowest BCUT2D eigenvalue weighted by Crippen LogP contribution is -2.45. The summed E-state index contributed by atoms with van der Waals surface area (Å²) in [6.45, 7) is 2.37. The third-order valence-electron chi connectivity index (χ3n) is 4.49. The molecule has 1 saturated carbocycles. The molecule has 1 aromatic heterocycles. The molecule has 0 bridgehead atoms. The Morgan fingerprint density at radius 2 is 2.00 bits per heavy atom. The summed E-state index contributed by atoms with van der Waals surface area (Å²) in [5.74, 6) is 1.44. The maximum absolute atomic E-state index is 9.89. The molecule has 2 N–H and O–H groups in total. The number of hydrogen-bond donors (Lipinski definition) is 2. The van der Waals surface area contributed by atoms with Gasteiger partial charge in [0, 0.05) is 5.39 Å². The van der Waals surface area contributed by atoms with Gasteiger partial charge in [-0.05, 0) is 55.3 Å². The van der Waals surface area contributed by atoms with E-state index >= 15 is 0 Å². The number of rotatable bonds is 3. The molecule has 0 atom stereocenters. The van der Waals surface area contributed by atoms with Crippen molar-refractivity contribution in [2.75, 3.05) is 11.9 Å². The summed E-state index contributed by atoms with van der Waals surface area (Å²) in [7, 11) is 0. The number of nitrogens with zero attached hydrogens (tertiary/aromatic N) is 2. The van der Waals surface area contributed by atoms with Crippen molar-refractivity contribution in [1.29, 1.82) is 0 Å². The van der Waals surface area contributed by atoms with Gasteiger partial charge in [0.05, 0.1) is 17.7 Å². The van der Waals surface area contributed by atoms with Gasteiger partial charge < -0.3 is 10.4 Å². The molecule has 1 aromatic carbocycles. The summed E-state index contributed by atoms with van der Waals surface area (Å²) in [5, 5.41) is 14.5. The Kier molecular flexibility index (Phi) is 4.00. The van der Waals surface area contributed by atoms with E-state index in [1.807, 2.05) is 24.3 Å². The average Bonchev–Trinajstić information content (AvgIpc) is 2.50. The molecule has 1 heterocycles. The Morgan fingerprint density at radius 3 is 2.71 bits per heavy atom. The summed E-state index contributed by atoms with van der Waals surface area (Å²) in [6.07, 6.45) is 4.12. The summed E-state index contributed by atoms with van der Waals surface area (Å²) in [4.78, 5) is 8.58. The van der Waals surface area contributed by atoms with Crippen molar-refractivity contribution >= 4 is 28.3 Å². The van der Waals surface area contributed by atoms with Crippen LogP contribution in [0.2, 0.25) is 5.28 Å². The molecule has 0 radical (unpaired) electrons. The average molecular weight is 306 g/mol. The van der Waals surface area contributed by atoms with E-state index in [9.17, 15) is 5.11 Å². The van der Waals surface area contributed by atoms with Gasteiger partial charge in [0.2, 0.25) is 5.28 Å². The Bertz CT molecular complexity index is 638. The number of hydrogen-bond acceptors (Lipinski definition) is 4. The van der Waals surface area contributed by atoms with Gasteiger partial charge in [0.1, 0.15) is 5.82 Å². The van der Waals surface area contributed by atoms with Crippen LogP contribution in [0.1, 0.15) is 32.6 Å². The van der Waals surface area contributed by atoms with E-state index in [1.165, 1.54) is 0 Å². The molecule has 0 saturated heterocycles. The van der Waals surface area contributed by atoms with E-state index in [2.05, 4.69) is 22.2 Å². The lowest BCUT2D eigenvalue weighted by Gasteiger charge is -2.39. The molecule has 4 nitrogen and oxygen atoms in total. The van der Waals surface area contributed by atoms with Crippen molar-refractivity contribution < 1.29 is 5.11 Å².